The SMILES string of the molecule is COc1cccc2c1O[C@@H](CN1CCN(C[C@H]3COc4cccc(OC)c4O3)CC1)CO2. The summed E-state index contributed by atoms with van der Waals surface area (Å²) < 4.78 is 35.1. The number of hydrogen-bond donors (Lipinski definition) is 0. The predicted octanol–water partition coefficient (Wildman–Crippen LogP) is 2.30. The maximum absolute atomic E-state index is 6.21. The molecule has 8 nitrogen and oxygen atoms in total. The summed E-state index contributed by atoms with van der Waals surface area (Å²) in [5.74, 6) is 4.33. The van der Waals surface area contributed by atoms with Gasteiger partial charge in [0.2, 0.25) is 11.5 Å². The molecule has 0 saturated carbocycles. The largest absolute Gasteiger partial charge is 0.493 e. The molecule has 8 heteroatoms. The van der Waals surface area contributed by atoms with Crippen LogP contribution < -0.4 is 28.4 Å². The van der Waals surface area contributed by atoms with Gasteiger partial charge in [0.1, 0.15) is 25.4 Å². The molecule has 3 aliphatic heterocycles. The van der Waals surface area contributed by atoms with Crippen molar-refractivity contribution in [2.24, 2.45) is 0 Å². The molecule has 172 valence electrons. The fraction of sp³-hybridized carbons (Fsp3) is 0.500. The number of ether oxygens (including phenoxy) is 6. The number of para-hydroxylation sites is 2. The molecule has 2 aromatic rings. The molecule has 1 saturated heterocycles. The van der Waals surface area contributed by atoms with E-state index in [1.165, 1.54) is 0 Å². The van der Waals surface area contributed by atoms with E-state index in [1.54, 1.807) is 14.2 Å². The Morgan fingerprint density at radius 1 is 0.719 bits per heavy atom. The van der Waals surface area contributed by atoms with Gasteiger partial charge >= 0.3 is 0 Å². The first-order valence-electron chi connectivity index (χ1n) is 11.1. The lowest BCUT2D eigenvalue weighted by molar-refractivity contribution is 0.0184. The summed E-state index contributed by atoms with van der Waals surface area (Å²) in [7, 11) is 3.30. The van der Waals surface area contributed by atoms with Crippen LogP contribution in [-0.4, -0.2) is 88.7 Å². The predicted molar refractivity (Wildman–Crippen MR) is 119 cm³/mol. The number of methoxy groups -OCH3 is 2. The quantitative estimate of drug-likeness (QED) is 0.676. The van der Waals surface area contributed by atoms with Gasteiger partial charge in [0, 0.05) is 39.3 Å². The molecule has 5 rings (SSSR count). The van der Waals surface area contributed by atoms with Gasteiger partial charge < -0.3 is 28.4 Å². The number of fused-ring (bicyclic) bond motifs is 2. The number of nitrogens with zero attached hydrogens (tertiary/aromatic N) is 2. The minimum absolute atomic E-state index is 0.00982. The summed E-state index contributed by atoms with van der Waals surface area (Å²) in [4.78, 5) is 4.86. The van der Waals surface area contributed by atoms with Crippen molar-refractivity contribution in [1.29, 1.82) is 0 Å². The Hall–Kier alpha value is -2.84. The minimum Gasteiger partial charge on any atom is -0.493 e. The standard InChI is InChI=1S/C24H30N2O6/c1-27-19-5-3-7-21-23(19)31-17(15-29-21)13-25-9-11-26(12-10-25)14-18-16-30-22-8-4-6-20(28-2)24(22)32-18/h3-8,17-18H,9-16H2,1-2H3/t17-,18-/m0/s1. The van der Waals surface area contributed by atoms with Crippen molar-refractivity contribution in [3.05, 3.63) is 36.4 Å². The molecule has 0 bridgehead atoms. The maximum Gasteiger partial charge on any atom is 0.204 e. The van der Waals surface area contributed by atoms with Gasteiger partial charge in [-0.15, -0.1) is 0 Å². The van der Waals surface area contributed by atoms with Gasteiger partial charge in [0.15, 0.2) is 23.0 Å². The molecule has 0 aliphatic carbocycles. The van der Waals surface area contributed by atoms with E-state index in [4.69, 9.17) is 28.4 Å². The lowest BCUT2D eigenvalue weighted by Crippen LogP contribution is -2.53. The van der Waals surface area contributed by atoms with Gasteiger partial charge in [-0.3, -0.25) is 9.80 Å². The van der Waals surface area contributed by atoms with Gasteiger partial charge in [-0.1, -0.05) is 12.1 Å². The van der Waals surface area contributed by atoms with Gasteiger partial charge in [0.05, 0.1) is 14.2 Å². The maximum atomic E-state index is 6.21. The third kappa shape index (κ3) is 4.38. The molecule has 0 aromatic heterocycles. The Morgan fingerprint density at radius 2 is 1.16 bits per heavy atom. The van der Waals surface area contributed by atoms with Crippen LogP contribution in [0.2, 0.25) is 0 Å². The number of rotatable bonds is 6. The smallest absolute Gasteiger partial charge is 0.204 e. The molecule has 3 aliphatic rings. The first kappa shape index (κ1) is 21.0. The van der Waals surface area contributed by atoms with Crippen molar-refractivity contribution in [2.75, 3.05) is 66.7 Å². The highest BCUT2D eigenvalue weighted by Gasteiger charge is 2.30. The fourth-order valence-electron chi connectivity index (χ4n) is 4.45. The lowest BCUT2D eigenvalue weighted by atomic mass is 10.2. The van der Waals surface area contributed by atoms with Crippen molar-refractivity contribution in [3.8, 4) is 34.5 Å². The van der Waals surface area contributed by atoms with Gasteiger partial charge in [0.25, 0.3) is 0 Å². The third-order valence-electron chi connectivity index (χ3n) is 6.13. The van der Waals surface area contributed by atoms with Crippen molar-refractivity contribution in [3.63, 3.8) is 0 Å². The topological polar surface area (TPSA) is 61.9 Å². The molecular weight excluding hydrogens is 412 g/mol. The molecule has 3 heterocycles. The summed E-state index contributed by atoms with van der Waals surface area (Å²) >= 11 is 0. The molecule has 0 spiro atoms. The molecular formula is C24H30N2O6. The average Bonchev–Trinajstić information content (AvgIpc) is 2.84. The van der Waals surface area contributed by atoms with E-state index >= 15 is 0 Å². The zero-order valence-corrected chi connectivity index (χ0v) is 18.6. The van der Waals surface area contributed by atoms with Crippen molar-refractivity contribution < 1.29 is 28.4 Å². The summed E-state index contributed by atoms with van der Waals surface area (Å²) in [5, 5.41) is 0. The second-order valence-electron chi connectivity index (χ2n) is 8.28. The number of piperazine rings is 1. The van der Waals surface area contributed by atoms with E-state index in [1.807, 2.05) is 36.4 Å². The molecule has 0 amide bonds. The van der Waals surface area contributed by atoms with E-state index < -0.39 is 0 Å². The zero-order valence-electron chi connectivity index (χ0n) is 18.6. The summed E-state index contributed by atoms with van der Waals surface area (Å²) in [5.41, 5.74) is 0. The first-order chi connectivity index (χ1) is 15.7. The Kier molecular flexibility index (Phi) is 6.14. The van der Waals surface area contributed by atoms with Crippen LogP contribution in [0.15, 0.2) is 36.4 Å². The fourth-order valence-corrected chi connectivity index (χ4v) is 4.45. The Bertz CT molecular complexity index is 827. The van der Waals surface area contributed by atoms with E-state index in [9.17, 15) is 0 Å². The molecule has 0 radical (unpaired) electrons. The number of hydrogen-bond acceptors (Lipinski definition) is 8. The highest BCUT2D eigenvalue weighted by Crippen LogP contribution is 2.41. The molecule has 1 fully saturated rings. The van der Waals surface area contributed by atoms with Crippen LogP contribution in [0.4, 0.5) is 0 Å². The first-order valence-corrected chi connectivity index (χ1v) is 11.1. The minimum atomic E-state index is -0.00982. The zero-order chi connectivity index (χ0) is 21.9. The monoisotopic (exact) mass is 442 g/mol. The second-order valence-corrected chi connectivity index (χ2v) is 8.28. The summed E-state index contributed by atoms with van der Waals surface area (Å²) in [6.45, 7) is 6.68. The van der Waals surface area contributed by atoms with Gasteiger partial charge in [-0.05, 0) is 24.3 Å². The Labute approximate surface area is 188 Å². The lowest BCUT2D eigenvalue weighted by Gasteiger charge is -2.39. The summed E-state index contributed by atoms with van der Waals surface area (Å²) in [6, 6.07) is 11.4. The Morgan fingerprint density at radius 3 is 1.56 bits per heavy atom. The number of benzene rings is 2. The van der Waals surface area contributed by atoms with Crippen molar-refractivity contribution >= 4 is 0 Å². The molecule has 0 unspecified atom stereocenters. The molecule has 2 atom stereocenters. The van der Waals surface area contributed by atoms with Gasteiger partial charge in [-0.2, -0.15) is 0 Å². The van der Waals surface area contributed by atoms with Crippen LogP contribution in [-0.2, 0) is 0 Å². The third-order valence-corrected chi connectivity index (χ3v) is 6.13. The highest BCUT2D eigenvalue weighted by atomic mass is 16.6. The van der Waals surface area contributed by atoms with Crippen molar-refractivity contribution in [1.82, 2.24) is 9.80 Å². The van der Waals surface area contributed by atoms with Crippen molar-refractivity contribution in [2.45, 2.75) is 12.2 Å². The molecule has 2 aromatic carbocycles. The van der Waals surface area contributed by atoms with Crippen LogP contribution in [0, 0.1) is 0 Å². The van der Waals surface area contributed by atoms with E-state index in [0.717, 1.165) is 50.8 Å². The van der Waals surface area contributed by atoms with Crippen LogP contribution in [0.1, 0.15) is 0 Å². The van der Waals surface area contributed by atoms with E-state index in [-0.39, 0.29) is 12.2 Å². The van der Waals surface area contributed by atoms with E-state index in [2.05, 4.69) is 9.80 Å². The average molecular weight is 443 g/mol. The van der Waals surface area contributed by atoms with Gasteiger partial charge in [-0.25, -0.2) is 0 Å². The summed E-state index contributed by atoms with van der Waals surface area (Å²) in [6.07, 6.45) is -0.0196. The molecule has 32 heavy (non-hydrogen) atoms. The second kappa shape index (κ2) is 9.34. The molecule has 0 N–H and O–H groups in total. The highest BCUT2D eigenvalue weighted by molar-refractivity contribution is 5.52. The normalized spacial score (nSPS) is 22.9. The Balaban J connectivity index is 1.11. The van der Waals surface area contributed by atoms with E-state index in [0.29, 0.717) is 36.2 Å². The van der Waals surface area contributed by atoms with Crippen LogP contribution >= 0.6 is 0 Å². The van der Waals surface area contributed by atoms with Crippen LogP contribution in [0.3, 0.4) is 0 Å². The van der Waals surface area contributed by atoms with Crippen LogP contribution in [0.5, 0.6) is 34.5 Å². The van der Waals surface area contributed by atoms with Crippen LogP contribution in [0.25, 0.3) is 0 Å².